The fraction of sp³-hybridized carbons (Fsp3) is 0.350. The lowest BCUT2D eigenvalue weighted by atomic mass is 10.2. The number of hydrogen-bond acceptors (Lipinski definition) is 4. The van der Waals surface area contributed by atoms with Crippen molar-refractivity contribution in [3.8, 4) is 5.75 Å². The monoisotopic (exact) mass is 406 g/mol. The first-order valence-electron chi connectivity index (χ1n) is 9.08. The van der Waals surface area contributed by atoms with E-state index in [4.69, 9.17) is 4.74 Å². The fourth-order valence-electron chi connectivity index (χ4n) is 3.01. The normalized spacial score (nSPS) is 14.8. The van der Waals surface area contributed by atoms with E-state index < -0.39 is 10.0 Å². The molecule has 0 unspecified atom stereocenters. The van der Waals surface area contributed by atoms with E-state index in [0.717, 1.165) is 12.8 Å². The van der Waals surface area contributed by atoms with Crippen LogP contribution in [0, 0.1) is 5.82 Å². The van der Waals surface area contributed by atoms with E-state index in [9.17, 15) is 17.6 Å². The quantitative estimate of drug-likeness (QED) is 0.709. The van der Waals surface area contributed by atoms with Gasteiger partial charge in [0, 0.05) is 32.2 Å². The summed E-state index contributed by atoms with van der Waals surface area (Å²) in [5.74, 6) is -0.275. The summed E-state index contributed by atoms with van der Waals surface area (Å²) in [5, 5.41) is 0. The minimum Gasteiger partial charge on any atom is -0.484 e. The van der Waals surface area contributed by atoms with Gasteiger partial charge in [-0.1, -0.05) is 18.2 Å². The van der Waals surface area contributed by atoms with Crippen LogP contribution in [0.3, 0.4) is 0 Å². The number of sulfonamides is 1. The SMILES string of the molecule is CN(Cc1ccccc1F)C(=O)COc1ccc(S(=O)(=O)N2CCCC2)cc1. The van der Waals surface area contributed by atoms with Crippen molar-refractivity contribution in [2.45, 2.75) is 24.3 Å². The number of nitrogens with zero attached hydrogens (tertiary/aromatic N) is 2. The molecular weight excluding hydrogens is 383 g/mol. The van der Waals surface area contributed by atoms with Crippen molar-refractivity contribution in [1.29, 1.82) is 0 Å². The second-order valence-corrected chi connectivity index (χ2v) is 8.65. The van der Waals surface area contributed by atoms with Gasteiger partial charge in [-0.05, 0) is 43.2 Å². The molecule has 150 valence electrons. The van der Waals surface area contributed by atoms with Crippen LogP contribution in [-0.2, 0) is 21.4 Å². The summed E-state index contributed by atoms with van der Waals surface area (Å²) in [5.41, 5.74) is 0.426. The van der Waals surface area contributed by atoms with Crippen LogP contribution in [-0.4, -0.2) is 50.3 Å². The van der Waals surface area contributed by atoms with Gasteiger partial charge in [0.25, 0.3) is 5.91 Å². The lowest BCUT2D eigenvalue weighted by Gasteiger charge is -2.18. The Balaban J connectivity index is 1.55. The van der Waals surface area contributed by atoms with Crippen molar-refractivity contribution in [3.63, 3.8) is 0 Å². The van der Waals surface area contributed by atoms with E-state index in [1.807, 2.05) is 0 Å². The summed E-state index contributed by atoms with van der Waals surface area (Å²) >= 11 is 0. The van der Waals surface area contributed by atoms with Gasteiger partial charge in [-0.25, -0.2) is 12.8 Å². The first-order chi connectivity index (χ1) is 13.4. The number of ether oxygens (including phenoxy) is 1. The summed E-state index contributed by atoms with van der Waals surface area (Å²) in [6.45, 7) is 1.01. The number of benzene rings is 2. The Labute approximate surface area is 164 Å². The van der Waals surface area contributed by atoms with Gasteiger partial charge in [0.05, 0.1) is 4.90 Å². The van der Waals surface area contributed by atoms with E-state index in [1.165, 1.54) is 39.5 Å². The average molecular weight is 406 g/mol. The van der Waals surface area contributed by atoms with Gasteiger partial charge in [0.2, 0.25) is 10.0 Å². The first kappa shape index (κ1) is 20.3. The molecular formula is C20H23FN2O4S. The maximum Gasteiger partial charge on any atom is 0.260 e. The second-order valence-electron chi connectivity index (χ2n) is 6.71. The topological polar surface area (TPSA) is 66.9 Å². The molecule has 0 spiro atoms. The molecule has 6 nitrogen and oxygen atoms in total. The van der Waals surface area contributed by atoms with Crippen molar-refractivity contribution in [2.24, 2.45) is 0 Å². The first-order valence-corrected chi connectivity index (χ1v) is 10.5. The number of likely N-dealkylation sites (N-methyl/N-ethyl adjacent to an activating group) is 1. The third kappa shape index (κ3) is 4.69. The molecule has 1 fully saturated rings. The lowest BCUT2D eigenvalue weighted by Crippen LogP contribution is -2.31. The molecule has 1 aliphatic heterocycles. The number of amides is 1. The molecule has 1 saturated heterocycles. The maximum atomic E-state index is 13.7. The highest BCUT2D eigenvalue weighted by Crippen LogP contribution is 2.23. The number of halogens is 1. The molecule has 1 amide bonds. The molecule has 0 bridgehead atoms. The average Bonchev–Trinajstić information content (AvgIpc) is 3.24. The van der Waals surface area contributed by atoms with Gasteiger partial charge in [0.15, 0.2) is 6.61 Å². The molecule has 0 aromatic heterocycles. The van der Waals surface area contributed by atoms with Gasteiger partial charge in [0.1, 0.15) is 11.6 Å². The molecule has 3 rings (SSSR count). The number of rotatable bonds is 7. The highest BCUT2D eigenvalue weighted by Gasteiger charge is 2.27. The van der Waals surface area contributed by atoms with E-state index in [-0.39, 0.29) is 29.8 Å². The standard InChI is InChI=1S/C20H23FN2O4S/c1-22(14-16-6-2-3-7-19(16)21)20(24)15-27-17-8-10-18(11-9-17)28(25,26)23-12-4-5-13-23/h2-3,6-11H,4-5,12-15H2,1H3. The second kappa shape index (κ2) is 8.70. The minimum absolute atomic E-state index is 0.141. The van der Waals surface area contributed by atoms with Crippen LogP contribution in [0.25, 0.3) is 0 Å². The van der Waals surface area contributed by atoms with Crippen molar-refractivity contribution in [2.75, 3.05) is 26.7 Å². The van der Waals surface area contributed by atoms with Gasteiger partial charge in [-0.3, -0.25) is 4.79 Å². The Hall–Kier alpha value is -2.45. The van der Waals surface area contributed by atoms with Gasteiger partial charge < -0.3 is 9.64 Å². The van der Waals surface area contributed by atoms with Gasteiger partial charge >= 0.3 is 0 Å². The van der Waals surface area contributed by atoms with Crippen LogP contribution in [0.15, 0.2) is 53.4 Å². The van der Waals surface area contributed by atoms with Crippen LogP contribution in [0.5, 0.6) is 5.75 Å². The summed E-state index contributed by atoms with van der Waals surface area (Å²) in [6.07, 6.45) is 1.76. The highest BCUT2D eigenvalue weighted by molar-refractivity contribution is 7.89. The van der Waals surface area contributed by atoms with E-state index in [0.29, 0.717) is 24.4 Å². The van der Waals surface area contributed by atoms with Crippen LogP contribution in [0.4, 0.5) is 4.39 Å². The number of carbonyl (C=O) groups excluding carboxylic acids is 1. The molecule has 0 N–H and O–H groups in total. The van der Waals surface area contributed by atoms with Crippen LogP contribution in [0.2, 0.25) is 0 Å². The minimum atomic E-state index is -3.47. The molecule has 0 radical (unpaired) electrons. The Morgan fingerprint density at radius 3 is 2.39 bits per heavy atom. The van der Waals surface area contributed by atoms with E-state index in [1.54, 1.807) is 25.2 Å². The highest BCUT2D eigenvalue weighted by atomic mass is 32.2. The smallest absolute Gasteiger partial charge is 0.260 e. The molecule has 1 aliphatic rings. The van der Waals surface area contributed by atoms with Crippen molar-refractivity contribution in [1.82, 2.24) is 9.21 Å². The molecule has 1 heterocycles. The van der Waals surface area contributed by atoms with Gasteiger partial charge in [-0.2, -0.15) is 4.31 Å². The van der Waals surface area contributed by atoms with Crippen molar-refractivity contribution >= 4 is 15.9 Å². The van der Waals surface area contributed by atoms with Crippen LogP contribution < -0.4 is 4.74 Å². The third-order valence-electron chi connectivity index (χ3n) is 4.68. The van der Waals surface area contributed by atoms with E-state index in [2.05, 4.69) is 0 Å². The molecule has 2 aromatic rings. The molecule has 0 aliphatic carbocycles. The van der Waals surface area contributed by atoms with Crippen molar-refractivity contribution < 1.29 is 22.3 Å². The molecule has 2 aromatic carbocycles. The molecule has 28 heavy (non-hydrogen) atoms. The Morgan fingerprint density at radius 1 is 1.11 bits per heavy atom. The molecule has 0 saturated carbocycles. The zero-order valence-corrected chi connectivity index (χ0v) is 16.5. The predicted octanol–water partition coefficient (Wildman–Crippen LogP) is 2.65. The summed E-state index contributed by atoms with van der Waals surface area (Å²) in [7, 11) is -1.90. The lowest BCUT2D eigenvalue weighted by molar-refractivity contribution is -0.132. The Kier molecular flexibility index (Phi) is 6.31. The zero-order chi connectivity index (χ0) is 20.1. The van der Waals surface area contributed by atoms with Crippen LogP contribution in [0.1, 0.15) is 18.4 Å². The van der Waals surface area contributed by atoms with Crippen molar-refractivity contribution in [3.05, 3.63) is 59.9 Å². The summed E-state index contributed by atoms with van der Waals surface area (Å²) in [4.78, 5) is 13.8. The number of carbonyl (C=O) groups is 1. The molecule has 8 heteroatoms. The van der Waals surface area contributed by atoms with Gasteiger partial charge in [-0.15, -0.1) is 0 Å². The Morgan fingerprint density at radius 2 is 1.75 bits per heavy atom. The van der Waals surface area contributed by atoms with Crippen LogP contribution >= 0.6 is 0 Å². The zero-order valence-electron chi connectivity index (χ0n) is 15.7. The third-order valence-corrected chi connectivity index (χ3v) is 6.59. The Bertz CT molecular complexity index is 925. The molecule has 0 atom stereocenters. The largest absolute Gasteiger partial charge is 0.484 e. The number of hydrogen-bond donors (Lipinski definition) is 0. The van der Waals surface area contributed by atoms with E-state index >= 15 is 0 Å². The predicted molar refractivity (Wildman–Crippen MR) is 103 cm³/mol. The maximum absolute atomic E-state index is 13.7. The fourth-order valence-corrected chi connectivity index (χ4v) is 4.53. The summed E-state index contributed by atoms with van der Waals surface area (Å²) in [6, 6.07) is 12.3. The summed E-state index contributed by atoms with van der Waals surface area (Å²) < 4.78 is 45.6.